The predicted octanol–water partition coefficient (Wildman–Crippen LogP) is 5.06. The molecular formula is C22H26FNO2. The molecule has 1 aromatic carbocycles. The van der Waals surface area contributed by atoms with Crippen LogP contribution in [0.25, 0.3) is 11.3 Å². The number of halogens is 1. The number of piperidine rings is 1. The number of rotatable bonds is 4. The standard InChI is InChI=1S/C22H26FNO2/c23-20-8-4-3-7-19(20)21-11-9-18(26-21)10-12-22(25)24-14-13-16-5-1-2-6-17(16)15-24/h3-4,7-9,11,16-17H,1-2,5-6,10,12-15H2/t16-,17-/m0/s1. The summed E-state index contributed by atoms with van der Waals surface area (Å²) in [4.78, 5) is 14.6. The molecule has 0 bridgehead atoms. The monoisotopic (exact) mass is 355 g/mol. The van der Waals surface area contributed by atoms with Gasteiger partial charge in [0, 0.05) is 25.9 Å². The summed E-state index contributed by atoms with van der Waals surface area (Å²) in [7, 11) is 0. The molecule has 1 aliphatic carbocycles. The Kier molecular flexibility index (Phi) is 5.09. The zero-order valence-electron chi connectivity index (χ0n) is 15.1. The van der Waals surface area contributed by atoms with E-state index < -0.39 is 0 Å². The quantitative estimate of drug-likeness (QED) is 0.768. The predicted molar refractivity (Wildman–Crippen MR) is 99.1 cm³/mol. The van der Waals surface area contributed by atoms with Crippen LogP contribution in [0.5, 0.6) is 0 Å². The van der Waals surface area contributed by atoms with Gasteiger partial charge in [0.2, 0.25) is 5.91 Å². The number of furan rings is 1. The Labute approximate surface area is 154 Å². The molecule has 1 aromatic heterocycles. The Hall–Kier alpha value is -2.10. The van der Waals surface area contributed by atoms with Gasteiger partial charge < -0.3 is 9.32 Å². The summed E-state index contributed by atoms with van der Waals surface area (Å²) in [5.74, 6) is 2.73. The lowest BCUT2D eigenvalue weighted by molar-refractivity contribution is -0.134. The topological polar surface area (TPSA) is 33.5 Å². The van der Waals surface area contributed by atoms with Crippen molar-refractivity contribution in [2.75, 3.05) is 13.1 Å². The van der Waals surface area contributed by atoms with Gasteiger partial charge in [-0.25, -0.2) is 4.39 Å². The maximum atomic E-state index is 13.9. The minimum absolute atomic E-state index is 0.220. The Morgan fingerprint density at radius 3 is 2.73 bits per heavy atom. The number of carbonyl (C=O) groups excluding carboxylic acids is 1. The van der Waals surface area contributed by atoms with Crippen LogP contribution < -0.4 is 0 Å². The summed E-state index contributed by atoms with van der Waals surface area (Å²) in [5, 5.41) is 0. The molecule has 0 unspecified atom stereocenters. The van der Waals surface area contributed by atoms with Crippen molar-refractivity contribution < 1.29 is 13.6 Å². The van der Waals surface area contributed by atoms with Crippen LogP contribution in [-0.2, 0) is 11.2 Å². The fraction of sp³-hybridized carbons (Fsp3) is 0.500. The molecule has 1 aliphatic heterocycles. The van der Waals surface area contributed by atoms with Crippen LogP contribution in [0, 0.1) is 17.7 Å². The molecular weight excluding hydrogens is 329 g/mol. The molecule has 4 rings (SSSR count). The smallest absolute Gasteiger partial charge is 0.223 e. The molecule has 138 valence electrons. The van der Waals surface area contributed by atoms with Crippen LogP contribution in [0.4, 0.5) is 4.39 Å². The van der Waals surface area contributed by atoms with E-state index in [4.69, 9.17) is 4.42 Å². The van der Waals surface area contributed by atoms with Gasteiger partial charge in [-0.2, -0.15) is 0 Å². The van der Waals surface area contributed by atoms with E-state index in [-0.39, 0.29) is 11.7 Å². The average Bonchev–Trinajstić information content (AvgIpc) is 3.15. The van der Waals surface area contributed by atoms with Crippen molar-refractivity contribution in [3.05, 3.63) is 48.0 Å². The fourth-order valence-corrected chi connectivity index (χ4v) is 4.53. The molecule has 2 aliphatic rings. The first kappa shape index (κ1) is 17.3. The van der Waals surface area contributed by atoms with Crippen molar-refractivity contribution in [3.63, 3.8) is 0 Å². The minimum atomic E-state index is -0.292. The van der Waals surface area contributed by atoms with Gasteiger partial charge in [-0.3, -0.25) is 4.79 Å². The fourth-order valence-electron chi connectivity index (χ4n) is 4.53. The van der Waals surface area contributed by atoms with Crippen molar-refractivity contribution in [1.82, 2.24) is 4.90 Å². The van der Waals surface area contributed by atoms with Crippen LogP contribution in [-0.4, -0.2) is 23.9 Å². The van der Waals surface area contributed by atoms with E-state index >= 15 is 0 Å². The van der Waals surface area contributed by atoms with Gasteiger partial charge in [0.05, 0.1) is 5.56 Å². The Morgan fingerprint density at radius 1 is 1.08 bits per heavy atom. The Bertz CT molecular complexity index is 769. The van der Waals surface area contributed by atoms with Gasteiger partial charge in [0.15, 0.2) is 0 Å². The van der Waals surface area contributed by atoms with Crippen LogP contribution in [0.3, 0.4) is 0 Å². The number of aryl methyl sites for hydroxylation is 1. The van der Waals surface area contributed by atoms with Gasteiger partial charge in [-0.15, -0.1) is 0 Å². The van der Waals surface area contributed by atoms with Crippen molar-refractivity contribution in [2.24, 2.45) is 11.8 Å². The highest BCUT2D eigenvalue weighted by Crippen LogP contribution is 2.36. The Balaban J connectivity index is 1.33. The van der Waals surface area contributed by atoms with Crippen molar-refractivity contribution in [2.45, 2.75) is 44.9 Å². The summed E-state index contributed by atoms with van der Waals surface area (Å²) in [6, 6.07) is 10.2. The van der Waals surface area contributed by atoms with Gasteiger partial charge in [0.1, 0.15) is 17.3 Å². The number of likely N-dealkylation sites (tertiary alicyclic amines) is 1. The first-order valence-electron chi connectivity index (χ1n) is 9.82. The molecule has 0 radical (unpaired) electrons. The van der Waals surface area contributed by atoms with Crippen molar-refractivity contribution in [3.8, 4) is 11.3 Å². The molecule has 1 saturated carbocycles. The number of benzene rings is 1. The molecule has 2 fully saturated rings. The summed E-state index contributed by atoms with van der Waals surface area (Å²) >= 11 is 0. The van der Waals surface area contributed by atoms with Crippen molar-refractivity contribution in [1.29, 1.82) is 0 Å². The van der Waals surface area contributed by atoms with E-state index in [1.165, 1.54) is 31.7 Å². The summed E-state index contributed by atoms with van der Waals surface area (Å²) in [6.45, 7) is 1.83. The van der Waals surface area contributed by atoms with Crippen LogP contribution >= 0.6 is 0 Å². The summed E-state index contributed by atoms with van der Waals surface area (Å²) < 4.78 is 19.6. The maximum absolute atomic E-state index is 13.9. The van der Waals surface area contributed by atoms with Crippen molar-refractivity contribution >= 4 is 5.91 Å². The van der Waals surface area contributed by atoms with Crippen LogP contribution in [0.2, 0.25) is 0 Å². The lowest BCUT2D eigenvalue weighted by Crippen LogP contribution is -2.44. The van der Waals surface area contributed by atoms with Crippen LogP contribution in [0.15, 0.2) is 40.8 Å². The van der Waals surface area contributed by atoms with Crippen LogP contribution in [0.1, 0.15) is 44.3 Å². The molecule has 26 heavy (non-hydrogen) atoms. The van der Waals surface area contributed by atoms with E-state index in [2.05, 4.69) is 0 Å². The van der Waals surface area contributed by atoms with Gasteiger partial charge >= 0.3 is 0 Å². The number of amides is 1. The first-order valence-corrected chi connectivity index (χ1v) is 9.82. The second-order valence-electron chi connectivity index (χ2n) is 7.68. The average molecular weight is 355 g/mol. The SMILES string of the molecule is O=C(CCc1ccc(-c2ccccc2F)o1)N1CC[C@@H]2CCCC[C@H]2C1. The molecule has 4 heteroatoms. The third-order valence-electron chi connectivity index (χ3n) is 6.03. The van der Waals surface area contributed by atoms with E-state index in [0.29, 0.717) is 30.1 Å². The maximum Gasteiger partial charge on any atom is 0.223 e. The molecule has 1 saturated heterocycles. The number of carbonyl (C=O) groups is 1. The number of hydrogen-bond donors (Lipinski definition) is 0. The van der Waals surface area contributed by atoms with E-state index in [0.717, 1.165) is 31.2 Å². The first-order chi connectivity index (χ1) is 12.7. The highest BCUT2D eigenvalue weighted by Gasteiger charge is 2.32. The van der Waals surface area contributed by atoms with E-state index in [1.54, 1.807) is 24.3 Å². The molecule has 1 amide bonds. The normalized spacial score (nSPS) is 22.9. The highest BCUT2D eigenvalue weighted by molar-refractivity contribution is 5.76. The van der Waals surface area contributed by atoms with E-state index in [1.807, 2.05) is 11.0 Å². The molecule has 2 aromatic rings. The molecule has 2 atom stereocenters. The van der Waals surface area contributed by atoms with E-state index in [9.17, 15) is 9.18 Å². The molecule has 0 N–H and O–H groups in total. The summed E-state index contributed by atoms with van der Waals surface area (Å²) in [5.41, 5.74) is 0.462. The van der Waals surface area contributed by atoms with Gasteiger partial charge in [-0.05, 0) is 48.9 Å². The van der Waals surface area contributed by atoms with Gasteiger partial charge in [0.25, 0.3) is 0 Å². The highest BCUT2D eigenvalue weighted by atomic mass is 19.1. The second kappa shape index (κ2) is 7.65. The molecule has 0 spiro atoms. The Morgan fingerprint density at radius 2 is 1.88 bits per heavy atom. The molecule has 2 heterocycles. The number of hydrogen-bond acceptors (Lipinski definition) is 2. The largest absolute Gasteiger partial charge is 0.461 e. The third kappa shape index (κ3) is 3.69. The number of nitrogens with zero attached hydrogens (tertiary/aromatic N) is 1. The zero-order chi connectivity index (χ0) is 17.9. The molecule has 3 nitrogen and oxygen atoms in total. The lowest BCUT2D eigenvalue weighted by Gasteiger charge is -2.41. The third-order valence-corrected chi connectivity index (χ3v) is 6.03. The zero-order valence-corrected chi connectivity index (χ0v) is 15.1. The van der Waals surface area contributed by atoms with Gasteiger partial charge in [-0.1, -0.05) is 31.4 Å². The lowest BCUT2D eigenvalue weighted by atomic mass is 9.75. The number of fused-ring (bicyclic) bond motifs is 1. The second-order valence-corrected chi connectivity index (χ2v) is 7.68. The minimum Gasteiger partial charge on any atom is -0.461 e. The summed E-state index contributed by atoms with van der Waals surface area (Å²) in [6.07, 6.45) is 7.48.